The van der Waals surface area contributed by atoms with Gasteiger partial charge in [0.15, 0.2) is 0 Å². The summed E-state index contributed by atoms with van der Waals surface area (Å²) in [5.41, 5.74) is 9.46. The summed E-state index contributed by atoms with van der Waals surface area (Å²) in [6, 6.07) is 3.38. The molecule has 0 aliphatic carbocycles. The van der Waals surface area contributed by atoms with Crippen LogP contribution in [0.25, 0.3) is 0 Å². The van der Waals surface area contributed by atoms with Crippen molar-refractivity contribution in [3.63, 3.8) is 0 Å². The maximum atomic E-state index is 3.40. The molecule has 0 saturated carbocycles. The fourth-order valence-corrected chi connectivity index (χ4v) is 2.48. The number of fused-ring (bicyclic) bond motifs is 1. The first kappa shape index (κ1) is 9.39. The molecule has 1 aromatic rings. The molecule has 3 N–H and O–H groups in total. The van der Waals surface area contributed by atoms with Crippen LogP contribution in [-0.4, -0.2) is 17.2 Å². The van der Waals surface area contributed by atoms with E-state index in [9.17, 15) is 0 Å². The molecular weight excluding hydrogens is 188 g/mol. The molecule has 0 aromatic carbocycles. The van der Waals surface area contributed by atoms with Gasteiger partial charge in [-0.15, -0.1) is 0 Å². The number of nitrogens with one attached hydrogen (secondary N) is 3. The summed E-state index contributed by atoms with van der Waals surface area (Å²) >= 11 is 0. The van der Waals surface area contributed by atoms with Crippen LogP contribution in [0.3, 0.4) is 0 Å². The van der Waals surface area contributed by atoms with Crippen molar-refractivity contribution in [3.05, 3.63) is 23.5 Å². The van der Waals surface area contributed by atoms with E-state index in [4.69, 9.17) is 0 Å². The molecule has 3 rings (SSSR count). The van der Waals surface area contributed by atoms with Gasteiger partial charge in [0.25, 0.3) is 0 Å². The van der Waals surface area contributed by atoms with Gasteiger partial charge in [-0.05, 0) is 25.0 Å². The Morgan fingerprint density at radius 1 is 1.40 bits per heavy atom. The second kappa shape index (κ2) is 3.63. The Labute approximate surface area is 90.0 Å². The van der Waals surface area contributed by atoms with E-state index in [1.807, 2.05) is 0 Å². The minimum absolute atomic E-state index is 0.484. The minimum Gasteiger partial charge on any atom is -0.349 e. The second-order valence-electron chi connectivity index (χ2n) is 4.61. The Morgan fingerprint density at radius 2 is 2.33 bits per heavy atom. The number of aromatic nitrogens is 1. The van der Waals surface area contributed by atoms with Gasteiger partial charge in [0.2, 0.25) is 0 Å². The topological polar surface area (TPSA) is 41.0 Å². The summed E-state index contributed by atoms with van der Waals surface area (Å²) in [5, 5.41) is 3.40. The molecule has 2 aliphatic heterocycles. The smallest absolute Gasteiger partial charge is 0.0492 e. The van der Waals surface area contributed by atoms with Crippen LogP contribution < -0.4 is 16.2 Å². The predicted molar refractivity (Wildman–Crippen MR) is 59.2 cm³/mol. The Bertz CT molecular complexity index is 334. The number of nitrogens with zero attached hydrogens (tertiary/aromatic N) is 1. The highest BCUT2D eigenvalue weighted by atomic mass is 15.4. The molecule has 0 radical (unpaired) electrons. The molecular formula is C11H18N4. The Morgan fingerprint density at radius 3 is 3.07 bits per heavy atom. The normalized spacial score (nSPS) is 30.5. The molecule has 3 heterocycles. The van der Waals surface area contributed by atoms with E-state index in [2.05, 4.69) is 39.9 Å². The first-order chi connectivity index (χ1) is 7.33. The van der Waals surface area contributed by atoms with E-state index in [0.717, 1.165) is 19.6 Å². The van der Waals surface area contributed by atoms with Crippen LogP contribution in [-0.2, 0) is 13.1 Å². The molecule has 0 spiro atoms. The van der Waals surface area contributed by atoms with Crippen LogP contribution in [0.15, 0.2) is 12.3 Å². The highest BCUT2D eigenvalue weighted by molar-refractivity contribution is 5.24. The van der Waals surface area contributed by atoms with Gasteiger partial charge in [-0.25, -0.2) is 5.43 Å². The van der Waals surface area contributed by atoms with Crippen molar-refractivity contribution in [2.75, 3.05) is 6.54 Å². The van der Waals surface area contributed by atoms with Crippen LogP contribution in [0.5, 0.6) is 0 Å². The van der Waals surface area contributed by atoms with E-state index in [1.165, 1.54) is 17.7 Å². The number of rotatable bonds is 1. The molecule has 2 aliphatic rings. The molecule has 1 saturated heterocycles. The van der Waals surface area contributed by atoms with Crippen molar-refractivity contribution >= 4 is 0 Å². The van der Waals surface area contributed by atoms with E-state index in [0.29, 0.717) is 12.1 Å². The Balaban J connectivity index is 1.83. The van der Waals surface area contributed by atoms with E-state index < -0.39 is 0 Å². The summed E-state index contributed by atoms with van der Waals surface area (Å²) in [7, 11) is 0. The Kier molecular flexibility index (Phi) is 2.27. The molecule has 82 valence electrons. The summed E-state index contributed by atoms with van der Waals surface area (Å²) in [5.74, 6) is 0. The van der Waals surface area contributed by atoms with Gasteiger partial charge >= 0.3 is 0 Å². The first-order valence-electron chi connectivity index (χ1n) is 5.73. The zero-order chi connectivity index (χ0) is 10.3. The van der Waals surface area contributed by atoms with Crippen molar-refractivity contribution in [1.82, 2.24) is 20.7 Å². The molecule has 4 heteroatoms. The van der Waals surface area contributed by atoms with Crippen molar-refractivity contribution < 1.29 is 0 Å². The van der Waals surface area contributed by atoms with Crippen molar-refractivity contribution in [2.24, 2.45) is 0 Å². The third-order valence-corrected chi connectivity index (χ3v) is 3.34. The van der Waals surface area contributed by atoms with Crippen LogP contribution in [0.1, 0.15) is 30.6 Å². The van der Waals surface area contributed by atoms with Crippen LogP contribution >= 0.6 is 0 Å². The lowest BCUT2D eigenvalue weighted by molar-refractivity contribution is 0.515. The molecule has 0 bridgehead atoms. The fraction of sp³-hybridized carbons (Fsp3) is 0.636. The fourth-order valence-electron chi connectivity index (χ4n) is 2.48. The van der Waals surface area contributed by atoms with Gasteiger partial charge < -0.3 is 9.88 Å². The number of hydrogen-bond acceptors (Lipinski definition) is 3. The molecule has 1 fully saturated rings. The van der Waals surface area contributed by atoms with Crippen LogP contribution in [0.4, 0.5) is 0 Å². The highest BCUT2D eigenvalue weighted by Crippen LogP contribution is 2.24. The zero-order valence-electron chi connectivity index (χ0n) is 9.09. The quantitative estimate of drug-likeness (QED) is 0.627. The van der Waals surface area contributed by atoms with E-state index in [1.54, 1.807) is 0 Å². The third kappa shape index (κ3) is 1.69. The SMILES string of the molecule is CC1CC(c2cc3n(c2)CCNC3)NN1. The largest absolute Gasteiger partial charge is 0.349 e. The van der Waals surface area contributed by atoms with E-state index in [-0.39, 0.29) is 0 Å². The number of hydrazine groups is 1. The molecule has 15 heavy (non-hydrogen) atoms. The van der Waals surface area contributed by atoms with Crippen molar-refractivity contribution in [2.45, 2.75) is 38.5 Å². The Hall–Kier alpha value is -0.840. The van der Waals surface area contributed by atoms with Crippen molar-refractivity contribution in [1.29, 1.82) is 0 Å². The monoisotopic (exact) mass is 206 g/mol. The molecule has 2 atom stereocenters. The molecule has 0 amide bonds. The van der Waals surface area contributed by atoms with Crippen LogP contribution in [0, 0.1) is 0 Å². The second-order valence-corrected chi connectivity index (χ2v) is 4.61. The summed E-state index contributed by atoms with van der Waals surface area (Å²) in [6.07, 6.45) is 3.48. The van der Waals surface area contributed by atoms with Gasteiger partial charge in [0.1, 0.15) is 0 Å². The lowest BCUT2D eigenvalue weighted by Gasteiger charge is -2.15. The highest BCUT2D eigenvalue weighted by Gasteiger charge is 2.23. The first-order valence-corrected chi connectivity index (χ1v) is 5.73. The van der Waals surface area contributed by atoms with Crippen molar-refractivity contribution in [3.8, 4) is 0 Å². The number of hydrogen-bond donors (Lipinski definition) is 3. The summed E-state index contributed by atoms with van der Waals surface area (Å²) in [6.45, 7) is 5.42. The average Bonchev–Trinajstić information content (AvgIpc) is 2.82. The van der Waals surface area contributed by atoms with Crippen LogP contribution in [0.2, 0.25) is 0 Å². The maximum Gasteiger partial charge on any atom is 0.0492 e. The summed E-state index contributed by atoms with van der Waals surface area (Å²) in [4.78, 5) is 0. The standard InChI is InChI=1S/C11H18N4/c1-8-4-11(14-13-8)9-5-10-6-12-2-3-15(10)7-9/h5,7-8,11-14H,2-4,6H2,1H3. The van der Waals surface area contributed by atoms with Gasteiger partial charge in [-0.1, -0.05) is 0 Å². The lowest BCUT2D eigenvalue weighted by Crippen LogP contribution is -2.28. The molecule has 2 unspecified atom stereocenters. The lowest BCUT2D eigenvalue weighted by atomic mass is 10.1. The molecule has 1 aromatic heterocycles. The van der Waals surface area contributed by atoms with Gasteiger partial charge in [-0.2, -0.15) is 0 Å². The molecule has 4 nitrogen and oxygen atoms in total. The van der Waals surface area contributed by atoms with Gasteiger partial charge in [-0.3, -0.25) is 5.43 Å². The average molecular weight is 206 g/mol. The zero-order valence-corrected chi connectivity index (χ0v) is 9.09. The maximum absolute atomic E-state index is 3.40. The van der Waals surface area contributed by atoms with Gasteiger partial charge in [0.05, 0.1) is 0 Å². The van der Waals surface area contributed by atoms with Gasteiger partial charge in [0, 0.05) is 43.6 Å². The summed E-state index contributed by atoms with van der Waals surface area (Å²) < 4.78 is 2.37. The third-order valence-electron chi connectivity index (χ3n) is 3.34. The predicted octanol–water partition coefficient (Wildman–Crippen LogP) is 0.519. The van der Waals surface area contributed by atoms with E-state index >= 15 is 0 Å². The minimum atomic E-state index is 0.484.